The number of Topliss-reactive ketones (excluding diaryl/α,β-unsaturated/α-hetero) is 3. The molecule has 11 nitrogen and oxygen atoms in total. The monoisotopic (exact) mass is 792 g/mol. The van der Waals surface area contributed by atoms with E-state index in [4.69, 9.17) is 4.74 Å². The Morgan fingerprint density at radius 3 is 1.89 bits per heavy atom. The normalized spacial score (nSPS) is 14.3. The average molecular weight is 792 g/mol. The Kier molecular flexibility index (Phi) is 21.1. The molecule has 3 N–H and O–H groups in total. The van der Waals surface area contributed by atoms with Crippen LogP contribution in [0.3, 0.4) is 0 Å². The van der Waals surface area contributed by atoms with E-state index in [0.29, 0.717) is 31.2 Å². The van der Waals surface area contributed by atoms with Gasteiger partial charge in [-0.3, -0.25) is 28.8 Å². The fourth-order valence-corrected chi connectivity index (χ4v) is 6.94. The fourth-order valence-electron chi connectivity index (χ4n) is 6.94. The van der Waals surface area contributed by atoms with E-state index in [2.05, 4.69) is 50.2 Å². The van der Waals surface area contributed by atoms with Crippen LogP contribution >= 0.6 is 0 Å². The summed E-state index contributed by atoms with van der Waals surface area (Å²) < 4.78 is 4.76. The SMILES string of the molecule is CCN(CC)CCCC[C@H](NC(=O)C(CC(=O)[C@H](C)NC(=O)C(CC(=O)c1ccc(C(C)(C)C)cc1)Cc1ccccc1)CC(C)C)C(=O)CC(CO)C(=O)OC. The van der Waals surface area contributed by atoms with Crippen LogP contribution in [-0.4, -0.2) is 90.6 Å². The minimum absolute atomic E-state index is 0.0403. The van der Waals surface area contributed by atoms with E-state index in [1.54, 1.807) is 19.1 Å². The lowest BCUT2D eigenvalue weighted by Crippen LogP contribution is -2.47. The second-order valence-electron chi connectivity index (χ2n) is 16.7. The van der Waals surface area contributed by atoms with Crippen molar-refractivity contribution in [1.29, 1.82) is 0 Å². The molecule has 0 saturated heterocycles. The number of amides is 2. The number of nitrogens with one attached hydrogen (secondary N) is 2. The zero-order chi connectivity index (χ0) is 42.7. The second-order valence-corrected chi connectivity index (χ2v) is 16.7. The Labute approximate surface area is 341 Å². The molecule has 2 amide bonds. The molecule has 2 aromatic rings. The largest absolute Gasteiger partial charge is 0.469 e. The summed E-state index contributed by atoms with van der Waals surface area (Å²) in [6.45, 7) is 18.0. The molecular formula is C46H69N3O8. The highest BCUT2D eigenvalue weighted by molar-refractivity contribution is 6.00. The van der Waals surface area contributed by atoms with E-state index in [0.717, 1.165) is 37.2 Å². The molecule has 0 spiro atoms. The molecule has 0 aromatic heterocycles. The third kappa shape index (κ3) is 17.0. The van der Waals surface area contributed by atoms with Gasteiger partial charge in [-0.2, -0.15) is 0 Å². The third-order valence-electron chi connectivity index (χ3n) is 10.6. The van der Waals surface area contributed by atoms with Crippen LogP contribution in [0, 0.1) is 23.7 Å². The third-order valence-corrected chi connectivity index (χ3v) is 10.6. The molecule has 2 aromatic carbocycles. The molecule has 2 rings (SSSR count). The maximum Gasteiger partial charge on any atom is 0.311 e. The molecule has 0 aliphatic rings. The Balaban J connectivity index is 2.23. The number of ketones is 3. The van der Waals surface area contributed by atoms with Gasteiger partial charge in [0, 0.05) is 36.7 Å². The highest BCUT2D eigenvalue weighted by Crippen LogP contribution is 2.24. The average Bonchev–Trinajstić information content (AvgIpc) is 3.18. The van der Waals surface area contributed by atoms with E-state index in [-0.39, 0.29) is 42.2 Å². The van der Waals surface area contributed by atoms with Crippen molar-refractivity contribution < 1.29 is 38.6 Å². The fraction of sp³-hybridized carbons (Fsp3) is 0.609. The molecule has 0 aliphatic carbocycles. The van der Waals surface area contributed by atoms with Gasteiger partial charge in [-0.1, -0.05) is 103 Å². The van der Waals surface area contributed by atoms with Crippen molar-refractivity contribution in [3.05, 3.63) is 71.3 Å². The van der Waals surface area contributed by atoms with Crippen LogP contribution in [0.1, 0.15) is 122 Å². The zero-order valence-electron chi connectivity index (χ0n) is 35.9. The molecule has 3 unspecified atom stereocenters. The molecule has 0 radical (unpaired) electrons. The van der Waals surface area contributed by atoms with E-state index in [1.165, 1.54) is 7.11 Å². The molecule has 0 saturated carbocycles. The summed E-state index contributed by atoms with van der Waals surface area (Å²) in [5, 5.41) is 15.5. The summed E-state index contributed by atoms with van der Waals surface area (Å²) in [5.74, 6) is -5.04. The zero-order valence-corrected chi connectivity index (χ0v) is 35.9. The van der Waals surface area contributed by atoms with Gasteiger partial charge in [0.25, 0.3) is 0 Å². The standard InChI is InChI=1S/C46H69N3O8/c1-10-49(11-2)24-16-15-19-39(42(53)29-37(30-50)45(56)57-9)48-44(55)35(25-31(3)4)27-40(51)32(5)47-43(54)36(26-33-17-13-12-14-18-33)28-41(52)34-20-22-38(23-21-34)46(6,7)8/h12-14,17-18,20-23,31-32,35-37,39,50H,10-11,15-16,19,24-30H2,1-9H3,(H,47,54)(H,48,55)/t32-,35?,36?,37?,39-/m0/s1. The summed E-state index contributed by atoms with van der Waals surface area (Å²) in [6, 6.07) is 15.0. The quantitative estimate of drug-likeness (QED) is 0.0567. The van der Waals surface area contributed by atoms with Gasteiger partial charge in [0.2, 0.25) is 11.8 Å². The van der Waals surface area contributed by atoms with Crippen LogP contribution in [0.15, 0.2) is 54.6 Å². The number of unbranched alkanes of at least 4 members (excludes halogenated alkanes) is 1. The van der Waals surface area contributed by atoms with E-state index in [1.807, 2.05) is 56.3 Å². The number of aliphatic hydroxyl groups is 1. The first-order valence-electron chi connectivity index (χ1n) is 20.7. The van der Waals surface area contributed by atoms with Crippen molar-refractivity contribution in [2.75, 3.05) is 33.4 Å². The Bertz CT molecular complexity index is 1580. The number of benzene rings is 2. The van der Waals surface area contributed by atoms with Crippen molar-refractivity contribution >= 4 is 35.1 Å². The molecule has 57 heavy (non-hydrogen) atoms. The number of aliphatic hydroxyl groups excluding tert-OH is 1. The van der Waals surface area contributed by atoms with E-state index < -0.39 is 60.0 Å². The maximum atomic E-state index is 13.9. The highest BCUT2D eigenvalue weighted by Gasteiger charge is 2.33. The summed E-state index contributed by atoms with van der Waals surface area (Å²) in [7, 11) is 1.19. The van der Waals surface area contributed by atoms with Crippen LogP contribution in [0.2, 0.25) is 0 Å². The van der Waals surface area contributed by atoms with Gasteiger partial charge in [0.15, 0.2) is 17.3 Å². The lowest BCUT2D eigenvalue weighted by molar-refractivity contribution is -0.149. The number of rotatable bonds is 26. The minimum atomic E-state index is -1.05. The first-order valence-corrected chi connectivity index (χ1v) is 20.7. The Hall–Kier alpha value is -4.22. The Morgan fingerprint density at radius 2 is 1.35 bits per heavy atom. The van der Waals surface area contributed by atoms with Gasteiger partial charge in [-0.05, 0) is 81.1 Å². The predicted molar refractivity (Wildman–Crippen MR) is 224 cm³/mol. The predicted octanol–water partition coefficient (Wildman–Crippen LogP) is 6.28. The number of hydrogen-bond donors (Lipinski definition) is 3. The number of nitrogens with zero attached hydrogens (tertiary/aromatic N) is 1. The summed E-state index contributed by atoms with van der Waals surface area (Å²) in [5.41, 5.74) is 2.42. The number of hydrogen-bond acceptors (Lipinski definition) is 9. The van der Waals surface area contributed by atoms with Crippen molar-refractivity contribution in [1.82, 2.24) is 15.5 Å². The minimum Gasteiger partial charge on any atom is -0.469 e. The van der Waals surface area contributed by atoms with Crippen molar-refractivity contribution in [2.24, 2.45) is 23.7 Å². The molecule has 5 atom stereocenters. The maximum absolute atomic E-state index is 13.9. The lowest BCUT2D eigenvalue weighted by atomic mass is 9.85. The van der Waals surface area contributed by atoms with Gasteiger partial charge < -0.3 is 25.4 Å². The number of ether oxygens (including phenoxy) is 1. The number of carbonyl (C=O) groups excluding carboxylic acids is 6. The van der Waals surface area contributed by atoms with E-state index >= 15 is 0 Å². The molecule has 11 heteroatoms. The summed E-state index contributed by atoms with van der Waals surface area (Å²) >= 11 is 0. The van der Waals surface area contributed by atoms with Crippen LogP contribution in [0.25, 0.3) is 0 Å². The number of methoxy groups -OCH3 is 1. The van der Waals surface area contributed by atoms with Crippen LogP contribution in [0.4, 0.5) is 0 Å². The van der Waals surface area contributed by atoms with Gasteiger partial charge in [-0.25, -0.2) is 0 Å². The van der Waals surface area contributed by atoms with Gasteiger partial charge in [0.05, 0.1) is 31.7 Å². The molecule has 316 valence electrons. The molecule has 0 bridgehead atoms. The first kappa shape index (κ1) is 48.9. The Morgan fingerprint density at radius 1 is 0.754 bits per heavy atom. The van der Waals surface area contributed by atoms with Crippen molar-refractivity contribution in [3.63, 3.8) is 0 Å². The summed E-state index contributed by atoms with van der Waals surface area (Å²) in [6.07, 6.45) is 1.92. The number of esters is 1. The van der Waals surface area contributed by atoms with Gasteiger partial charge in [-0.15, -0.1) is 0 Å². The van der Waals surface area contributed by atoms with Crippen molar-refractivity contribution in [2.45, 2.75) is 124 Å². The van der Waals surface area contributed by atoms with Crippen LogP contribution in [-0.2, 0) is 40.5 Å². The first-order chi connectivity index (χ1) is 26.9. The molecule has 0 fully saturated rings. The van der Waals surface area contributed by atoms with Crippen LogP contribution in [0.5, 0.6) is 0 Å². The molecular weight excluding hydrogens is 723 g/mol. The lowest BCUT2D eigenvalue weighted by Gasteiger charge is -2.25. The molecule has 0 heterocycles. The summed E-state index contributed by atoms with van der Waals surface area (Å²) in [4.78, 5) is 83.0. The van der Waals surface area contributed by atoms with Crippen molar-refractivity contribution in [3.8, 4) is 0 Å². The van der Waals surface area contributed by atoms with Crippen LogP contribution < -0.4 is 10.6 Å². The molecule has 0 aliphatic heterocycles. The number of carbonyl (C=O) groups is 6. The second kappa shape index (κ2) is 24.5. The van der Waals surface area contributed by atoms with Gasteiger partial charge in [0.1, 0.15) is 0 Å². The highest BCUT2D eigenvalue weighted by atomic mass is 16.5. The topological polar surface area (TPSA) is 159 Å². The van der Waals surface area contributed by atoms with E-state index in [9.17, 15) is 33.9 Å². The van der Waals surface area contributed by atoms with Gasteiger partial charge >= 0.3 is 5.97 Å². The smallest absolute Gasteiger partial charge is 0.311 e.